The molecule has 0 saturated carbocycles. The third-order valence-electron chi connectivity index (χ3n) is 2.75. The van der Waals surface area contributed by atoms with E-state index in [1.165, 1.54) is 0 Å². The molecule has 0 atom stereocenters. The number of aryl methyl sites for hydroxylation is 1. The van der Waals surface area contributed by atoms with Crippen molar-refractivity contribution in [1.29, 1.82) is 0 Å². The molecule has 2 rings (SSSR count). The van der Waals surface area contributed by atoms with Crippen LogP contribution < -0.4 is 5.32 Å². The molecule has 4 nitrogen and oxygen atoms in total. The van der Waals surface area contributed by atoms with Gasteiger partial charge < -0.3 is 15.5 Å². The zero-order valence-electron chi connectivity index (χ0n) is 10.5. The third-order valence-corrected chi connectivity index (χ3v) is 3.08. The molecule has 0 saturated heterocycles. The lowest BCUT2D eigenvalue weighted by Crippen LogP contribution is -2.03. The predicted octanol–water partition coefficient (Wildman–Crippen LogP) is 2.85. The SMILES string of the molecule is Cc1ccc(O)c(CNc2cc(CO)ccc2Cl)n1. The molecule has 0 unspecified atom stereocenters. The smallest absolute Gasteiger partial charge is 0.138 e. The summed E-state index contributed by atoms with van der Waals surface area (Å²) in [6.07, 6.45) is 0. The summed E-state index contributed by atoms with van der Waals surface area (Å²) in [5, 5.41) is 22.5. The van der Waals surface area contributed by atoms with Gasteiger partial charge in [0.25, 0.3) is 0 Å². The van der Waals surface area contributed by atoms with Crippen LogP contribution in [0.3, 0.4) is 0 Å². The lowest BCUT2D eigenvalue weighted by molar-refractivity contribution is 0.282. The minimum atomic E-state index is -0.0419. The largest absolute Gasteiger partial charge is 0.506 e. The van der Waals surface area contributed by atoms with Crippen LogP contribution >= 0.6 is 11.6 Å². The first-order chi connectivity index (χ1) is 9.10. The highest BCUT2D eigenvalue weighted by atomic mass is 35.5. The molecule has 0 amide bonds. The van der Waals surface area contributed by atoms with E-state index in [9.17, 15) is 5.11 Å². The van der Waals surface area contributed by atoms with Crippen molar-refractivity contribution in [3.63, 3.8) is 0 Å². The van der Waals surface area contributed by atoms with E-state index in [0.29, 0.717) is 22.9 Å². The zero-order chi connectivity index (χ0) is 13.8. The minimum Gasteiger partial charge on any atom is -0.506 e. The van der Waals surface area contributed by atoms with Gasteiger partial charge in [0, 0.05) is 5.69 Å². The van der Waals surface area contributed by atoms with Crippen LogP contribution in [0.1, 0.15) is 17.0 Å². The van der Waals surface area contributed by atoms with Crippen molar-refractivity contribution in [2.24, 2.45) is 0 Å². The number of nitrogens with one attached hydrogen (secondary N) is 1. The van der Waals surface area contributed by atoms with Crippen molar-refractivity contribution in [2.45, 2.75) is 20.1 Å². The summed E-state index contributed by atoms with van der Waals surface area (Å²) in [4.78, 5) is 4.26. The lowest BCUT2D eigenvalue weighted by Gasteiger charge is -2.10. The van der Waals surface area contributed by atoms with Crippen LogP contribution in [-0.4, -0.2) is 15.2 Å². The summed E-state index contributed by atoms with van der Waals surface area (Å²) >= 11 is 6.06. The molecule has 100 valence electrons. The van der Waals surface area contributed by atoms with Gasteiger partial charge in [-0.2, -0.15) is 0 Å². The topological polar surface area (TPSA) is 65.4 Å². The number of nitrogens with zero attached hydrogens (tertiary/aromatic N) is 1. The molecular weight excluding hydrogens is 264 g/mol. The van der Waals surface area contributed by atoms with Crippen LogP contribution in [-0.2, 0) is 13.2 Å². The van der Waals surface area contributed by atoms with Crippen LogP contribution in [0.15, 0.2) is 30.3 Å². The molecule has 0 aliphatic rings. The molecule has 3 N–H and O–H groups in total. The van der Waals surface area contributed by atoms with Gasteiger partial charge in [-0.3, -0.25) is 4.98 Å². The predicted molar refractivity (Wildman–Crippen MR) is 75.3 cm³/mol. The van der Waals surface area contributed by atoms with E-state index in [1.54, 1.807) is 30.3 Å². The Balaban J connectivity index is 2.16. The van der Waals surface area contributed by atoms with Gasteiger partial charge in [-0.1, -0.05) is 17.7 Å². The summed E-state index contributed by atoms with van der Waals surface area (Å²) in [5.41, 5.74) is 2.87. The summed E-state index contributed by atoms with van der Waals surface area (Å²) in [6, 6.07) is 8.62. The molecule has 5 heteroatoms. The summed E-state index contributed by atoms with van der Waals surface area (Å²) in [7, 11) is 0. The molecule has 0 aliphatic carbocycles. The van der Waals surface area contributed by atoms with Gasteiger partial charge in [-0.15, -0.1) is 0 Å². The van der Waals surface area contributed by atoms with E-state index in [-0.39, 0.29) is 12.4 Å². The fourth-order valence-corrected chi connectivity index (χ4v) is 1.90. The highest BCUT2D eigenvalue weighted by Crippen LogP contribution is 2.24. The van der Waals surface area contributed by atoms with E-state index < -0.39 is 0 Å². The Kier molecular flexibility index (Phi) is 4.24. The molecule has 1 heterocycles. The molecule has 2 aromatic rings. The Hall–Kier alpha value is -1.78. The molecule has 19 heavy (non-hydrogen) atoms. The number of pyridine rings is 1. The first-order valence-electron chi connectivity index (χ1n) is 5.89. The minimum absolute atomic E-state index is 0.0419. The first-order valence-corrected chi connectivity index (χ1v) is 6.26. The van der Waals surface area contributed by atoms with Gasteiger partial charge in [-0.05, 0) is 36.8 Å². The number of hydrogen-bond acceptors (Lipinski definition) is 4. The Labute approximate surface area is 116 Å². The average Bonchev–Trinajstić information content (AvgIpc) is 2.41. The number of halogens is 1. The number of anilines is 1. The highest BCUT2D eigenvalue weighted by molar-refractivity contribution is 6.33. The van der Waals surface area contributed by atoms with E-state index in [1.807, 2.05) is 6.92 Å². The molecule has 0 fully saturated rings. The number of aromatic nitrogens is 1. The van der Waals surface area contributed by atoms with Crippen LogP contribution in [0.2, 0.25) is 5.02 Å². The number of aliphatic hydroxyl groups is 1. The summed E-state index contributed by atoms with van der Waals surface area (Å²) < 4.78 is 0. The molecular formula is C14H15ClN2O2. The fraction of sp³-hybridized carbons (Fsp3) is 0.214. The monoisotopic (exact) mass is 278 g/mol. The quantitative estimate of drug-likeness (QED) is 0.805. The van der Waals surface area contributed by atoms with Gasteiger partial charge in [0.1, 0.15) is 11.4 Å². The molecule has 0 spiro atoms. The Morgan fingerprint density at radius 1 is 1.26 bits per heavy atom. The average molecular weight is 279 g/mol. The Morgan fingerprint density at radius 3 is 2.79 bits per heavy atom. The van der Waals surface area contributed by atoms with Crippen LogP contribution in [0.25, 0.3) is 0 Å². The van der Waals surface area contributed by atoms with Crippen molar-refractivity contribution in [3.05, 3.63) is 52.3 Å². The van der Waals surface area contributed by atoms with Crippen molar-refractivity contribution in [2.75, 3.05) is 5.32 Å². The maximum atomic E-state index is 9.71. The van der Waals surface area contributed by atoms with Gasteiger partial charge in [0.05, 0.1) is 23.9 Å². The van der Waals surface area contributed by atoms with Gasteiger partial charge >= 0.3 is 0 Å². The summed E-state index contributed by atoms with van der Waals surface area (Å²) in [6.45, 7) is 2.18. The van der Waals surface area contributed by atoms with Crippen molar-refractivity contribution < 1.29 is 10.2 Å². The first kappa shape index (κ1) is 13.6. The molecule has 0 aliphatic heterocycles. The van der Waals surface area contributed by atoms with E-state index >= 15 is 0 Å². The molecule has 1 aromatic carbocycles. The van der Waals surface area contributed by atoms with Crippen LogP contribution in [0, 0.1) is 6.92 Å². The van der Waals surface area contributed by atoms with Gasteiger partial charge in [0.2, 0.25) is 0 Å². The van der Waals surface area contributed by atoms with E-state index in [0.717, 1.165) is 11.3 Å². The zero-order valence-corrected chi connectivity index (χ0v) is 11.3. The number of hydrogen-bond donors (Lipinski definition) is 3. The van der Waals surface area contributed by atoms with Crippen molar-refractivity contribution in [3.8, 4) is 5.75 Å². The number of aliphatic hydroxyl groups excluding tert-OH is 1. The molecule has 0 radical (unpaired) electrons. The Morgan fingerprint density at radius 2 is 2.05 bits per heavy atom. The second kappa shape index (κ2) is 5.91. The standard InChI is InChI=1S/C14H15ClN2O2/c1-9-2-5-14(19)13(17-9)7-16-12-6-10(8-18)3-4-11(12)15/h2-6,16,18-19H,7-8H2,1H3. The number of rotatable bonds is 4. The van der Waals surface area contributed by atoms with Gasteiger partial charge in [0.15, 0.2) is 0 Å². The van der Waals surface area contributed by atoms with E-state index in [2.05, 4.69) is 10.3 Å². The van der Waals surface area contributed by atoms with Crippen molar-refractivity contribution >= 4 is 17.3 Å². The van der Waals surface area contributed by atoms with Crippen LogP contribution in [0.4, 0.5) is 5.69 Å². The second-order valence-corrected chi connectivity index (χ2v) is 4.65. The maximum Gasteiger partial charge on any atom is 0.138 e. The third kappa shape index (κ3) is 3.36. The second-order valence-electron chi connectivity index (χ2n) is 4.24. The van der Waals surface area contributed by atoms with Gasteiger partial charge in [-0.25, -0.2) is 0 Å². The maximum absolute atomic E-state index is 9.71. The fourth-order valence-electron chi connectivity index (χ4n) is 1.72. The normalized spacial score (nSPS) is 10.5. The number of aromatic hydroxyl groups is 1. The Bertz CT molecular complexity index is 588. The highest BCUT2D eigenvalue weighted by Gasteiger charge is 2.06. The lowest BCUT2D eigenvalue weighted by atomic mass is 10.2. The van der Waals surface area contributed by atoms with Crippen molar-refractivity contribution in [1.82, 2.24) is 4.98 Å². The van der Waals surface area contributed by atoms with Crippen LogP contribution in [0.5, 0.6) is 5.75 Å². The summed E-state index contributed by atoms with van der Waals surface area (Å²) in [5.74, 6) is 0.146. The number of benzene rings is 1. The van der Waals surface area contributed by atoms with E-state index in [4.69, 9.17) is 16.7 Å². The molecule has 0 bridgehead atoms. The molecule has 1 aromatic heterocycles.